The predicted octanol–water partition coefficient (Wildman–Crippen LogP) is 1.79. The van der Waals surface area contributed by atoms with Gasteiger partial charge in [-0.3, -0.25) is 9.80 Å². The molecule has 0 amide bonds. The minimum Gasteiger partial charge on any atom is -0.492 e. The van der Waals surface area contributed by atoms with Crippen molar-refractivity contribution in [3.05, 3.63) is 30.3 Å². The second-order valence-electron chi connectivity index (χ2n) is 8.67. The highest BCUT2D eigenvalue weighted by molar-refractivity contribution is 7.88. The Kier molecular flexibility index (Phi) is 6.25. The third kappa shape index (κ3) is 4.87. The Labute approximate surface area is 169 Å². The molecule has 0 spiro atoms. The average molecular weight is 408 g/mol. The minimum atomic E-state index is -3.16. The van der Waals surface area contributed by atoms with Gasteiger partial charge >= 0.3 is 0 Å². The maximum Gasteiger partial charge on any atom is 0.208 e. The number of fused-ring (bicyclic) bond motifs is 4. The molecule has 1 aromatic carbocycles. The average Bonchev–Trinajstić information content (AvgIpc) is 2.68. The lowest BCUT2D eigenvalue weighted by Crippen LogP contribution is -2.65. The van der Waals surface area contributed by atoms with E-state index in [1.807, 2.05) is 30.3 Å². The molecule has 4 atom stereocenters. The van der Waals surface area contributed by atoms with E-state index in [1.165, 1.54) is 31.9 Å². The van der Waals surface area contributed by atoms with Crippen LogP contribution < -0.4 is 9.46 Å². The highest BCUT2D eigenvalue weighted by Crippen LogP contribution is 2.40. The van der Waals surface area contributed by atoms with Gasteiger partial charge in [0.05, 0.1) is 6.26 Å². The summed E-state index contributed by atoms with van der Waals surface area (Å²) in [4.78, 5) is 5.18. The van der Waals surface area contributed by atoms with E-state index in [-0.39, 0.29) is 0 Å². The van der Waals surface area contributed by atoms with E-state index < -0.39 is 10.0 Å². The van der Waals surface area contributed by atoms with Gasteiger partial charge in [-0.1, -0.05) is 24.6 Å². The van der Waals surface area contributed by atoms with E-state index in [0.29, 0.717) is 37.1 Å². The van der Waals surface area contributed by atoms with Crippen LogP contribution >= 0.6 is 0 Å². The molecule has 3 fully saturated rings. The number of benzene rings is 1. The van der Waals surface area contributed by atoms with Crippen LogP contribution in [0.25, 0.3) is 0 Å². The smallest absolute Gasteiger partial charge is 0.208 e. The molecule has 2 bridgehead atoms. The molecule has 7 heteroatoms. The van der Waals surface area contributed by atoms with E-state index in [4.69, 9.17) is 4.74 Å². The van der Waals surface area contributed by atoms with Gasteiger partial charge in [0, 0.05) is 38.3 Å². The first kappa shape index (κ1) is 20.1. The molecule has 1 aromatic rings. The molecule has 0 saturated carbocycles. The number of hydrogen-bond donors (Lipinski definition) is 1. The summed E-state index contributed by atoms with van der Waals surface area (Å²) < 4.78 is 32.1. The first-order valence-electron chi connectivity index (χ1n) is 10.6. The number of ether oxygens (including phenoxy) is 1. The van der Waals surface area contributed by atoms with E-state index in [2.05, 4.69) is 14.5 Å². The van der Waals surface area contributed by atoms with Crippen molar-refractivity contribution in [2.75, 3.05) is 45.6 Å². The second kappa shape index (κ2) is 8.69. The quantitative estimate of drug-likeness (QED) is 0.747. The van der Waals surface area contributed by atoms with Crippen LogP contribution in [0.1, 0.15) is 25.7 Å². The first-order valence-corrected chi connectivity index (χ1v) is 12.5. The van der Waals surface area contributed by atoms with Crippen molar-refractivity contribution in [3.63, 3.8) is 0 Å². The van der Waals surface area contributed by atoms with Gasteiger partial charge in [0.25, 0.3) is 0 Å². The first-order chi connectivity index (χ1) is 13.5. The number of rotatable bonds is 7. The Morgan fingerprint density at radius 2 is 1.93 bits per heavy atom. The van der Waals surface area contributed by atoms with Gasteiger partial charge in [-0.2, -0.15) is 0 Å². The molecule has 0 radical (unpaired) electrons. The third-order valence-electron chi connectivity index (χ3n) is 6.67. The van der Waals surface area contributed by atoms with Crippen LogP contribution in [0.3, 0.4) is 0 Å². The third-order valence-corrected chi connectivity index (χ3v) is 7.36. The van der Waals surface area contributed by atoms with E-state index >= 15 is 0 Å². The summed E-state index contributed by atoms with van der Waals surface area (Å²) in [6.07, 6.45) is 6.28. The summed E-state index contributed by atoms with van der Waals surface area (Å²) in [6, 6.07) is 10.9. The Bertz CT molecular complexity index is 743. The molecule has 1 N–H and O–H groups in total. The standard InChI is InChI=1S/C21H33N3O3S/c1-28(25,26)22-14-21-18-13-17(20-9-5-6-10-24(20)21)15-23(16-18)11-12-27-19-7-3-2-4-8-19/h2-4,7-8,17-18,20-22H,5-6,9-16H2,1H3/t17-,18+,20+,21+/m1/s1. The summed E-state index contributed by atoms with van der Waals surface area (Å²) in [7, 11) is -3.16. The fourth-order valence-corrected chi connectivity index (χ4v) is 5.99. The van der Waals surface area contributed by atoms with Gasteiger partial charge in [0.15, 0.2) is 0 Å². The topological polar surface area (TPSA) is 61.9 Å². The SMILES string of the molecule is CS(=O)(=O)NC[C@H]1[C@H]2C[C@H](CN(CCOc3ccccc3)C2)[C@@H]2CCCCN21. The number of nitrogens with one attached hydrogen (secondary N) is 1. The summed E-state index contributed by atoms with van der Waals surface area (Å²) in [5, 5.41) is 0. The van der Waals surface area contributed by atoms with Crippen molar-refractivity contribution in [3.8, 4) is 5.75 Å². The Hall–Kier alpha value is -1.15. The van der Waals surface area contributed by atoms with Crippen LogP contribution in [-0.2, 0) is 10.0 Å². The summed E-state index contributed by atoms with van der Waals surface area (Å²) in [5.41, 5.74) is 0. The minimum absolute atomic E-state index is 0.314. The molecule has 156 valence electrons. The molecule has 3 aliphatic heterocycles. The number of hydrogen-bond acceptors (Lipinski definition) is 5. The van der Waals surface area contributed by atoms with Crippen molar-refractivity contribution in [2.45, 2.75) is 37.8 Å². The zero-order valence-corrected chi connectivity index (χ0v) is 17.6. The lowest BCUT2D eigenvalue weighted by molar-refractivity contribution is -0.0706. The zero-order valence-electron chi connectivity index (χ0n) is 16.8. The fraction of sp³-hybridized carbons (Fsp3) is 0.714. The highest BCUT2D eigenvalue weighted by atomic mass is 32.2. The Balaban J connectivity index is 1.39. The Morgan fingerprint density at radius 3 is 2.71 bits per heavy atom. The predicted molar refractivity (Wildman–Crippen MR) is 111 cm³/mol. The van der Waals surface area contributed by atoms with Crippen molar-refractivity contribution in [2.24, 2.45) is 11.8 Å². The summed E-state index contributed by atoms with van der Waals surface area (Å²) in [6.45, 7) is 5.47. The van der Waals surface area contributed by atoms with Gasteiger partial charge in [-0.25, -0.2) is 13.1 Å². The molecule has 0 aromatic heterocycles. The monoisotopic (exact) mass is 407 g/mol. The molecule has 0 aliphatic carbocycles. The number of piperidine rings is 3. The zero-order chi connectivity index (χ0) is 19.6. The van der Waals surface area contributed by atoms with E-state index in [9.17, 15) is 8.42 Å². The van der Waals surface area contributed by atoms with Gasteiger partial charge < -0.3 is 4.74 Å². The van der Waals surface area contributed by atoms with Crippen molar-refractivity contribution in [1.29, 1.82) is 0 Å². The largest absolute Gasteiger partial charge is 0.492 e. The van der Waals surface area contributed by atoms with Crippen molar-refractivity contribution in [1.82, 2.24) is 14.5 Å². The van der Waals surface area contributed by atoms with Crippen molar-refractivity contribution >= 4 is 10.0 Å². The number of para-hydroxylation sites is 1. The number of nitrogens with zero attached hydrogens (tertiary/aromatic N) is 2. The lowest BCUT2D eigenvalue weighted by atomic mass is 9.72. The normalized spacial score (nSPS) is 31.3. The molecule has 3 heterocycles. The van der Waals surface area contributed by atoms with Crippen LogP contribution in [0.15, 0.2) is 30.3 Å². The van der Waals surface area contributed by atoms with E-state index in [1.54, 1.807) is 0 Å². The van der Waals surface area contributed by atoms with Gasteiger partial charge in [0.2, 0.25) is 10.0 Å². The molecular weight excluding hydrogens is 374 g/mol. The van der Waals surface area contributed by atoms with Crippen LogP contribution in [0.4, 0.5) is 0 Å². The summed E-state index contributed by atoms with van der Waals surface area (Å²) in [5.74, 6) is 2.15. The van der Waals surface area contributed by atoms with Crippen LogP contribution in [0.2, 0.25) is 0 Å². The maximum absolute atomic E-state index is 11.7. The Morgan fingerprint density at radius 1 is 1.14 bits per heavy atom. The molecule has 4 rings (SSSR count). The van der Waals surface area contributed by atoms with E-state index in [0.717, 1.165) is 31.9 Å². The van der Waals surface area contributed by atoms with Gasteiger partial charge in [-0.15, -0.1) is 0 Å². The van der Waals surface area contributed by atoms with Gasteiger partial charge in [0.1, 0.15) is 12.4 Å². The van der Waals surface area contributed by atoms with Crippen LogP contribution in [-0.4, -0.2) is 75.9 Å². The molecule has 0 unspecified atom stereocenters. The van der Waals surface area contributed by atoms with Crippen molar-refractivity contribution < 1.29 is 13.2 Å². The molecule has 3 saturated heterocycles. The maximum atomic E-state index is 11.7. The number of sulfonamides is 1. The molecule has 3 aliphatic rings. The van der Waals surface area contributed by atoms with Gasteiger partial charge in [-0.05, 0) is 49.8 Å². The van der Waals surface area contributed by atoms with Crippen LogP contribution in [0, 0.1) is 11.8 Å². The molecule has 6 nitrogen and oxygen atoms in total. The number of likely N-dealkylation sites (tertiary alicyclic amines) is 1. The van der Waals surface area contributed by atoms with Crippen LogP contribution in [0.5, 0.6) is 5.75 Å². The fourth-order valence-electron chi connectivity index (χ4n) is 5.51. The second-order valence-corrected chi connectivity index (χ2v) is 10.5. The molecular formula is C21H33N3O3S. The highest BCUT2D eigenvalue weighted by Gasteiger charge is 2.46. The molecule has 28 heavy (non-hydrogen) atoms. The lowest BCUT2D eigenvalue weighted by Gasteiger charge is -2.56. The summed E-state index contributed by atoms with van der Waals surface area (Å²) >= 11 is 0.